The van der Waals surface area contributed by atoms with Crippen LogP contribution in [0.1, 0.15) is 29.0 Å². The van der Waals surface area contributed by atoms with E-state index in [1.165, 1.54) is 18.4 Å². The Morgan fingerprint density at radius 2 is 2.14 bits per heavy atom. The third kappa shape index (κ3) is 3.48. The second-order valence-electron chi connectivity index (χ2n) is 4.44. The number of benzene rings is 1. The van der Waals surface area contributed by atoms with Gasteiger partial charge >= 0.3 is 0 Å². The number of methoxy groups -OCH3 is 1. The van der Waals surface area contributed by atoms with Crippen molar-refractivity contribution in [2.75, 3.05) is 12.4 Å². The summed E-state index contributed by atoms with van der Waals surface area (Å²) in [5, 5.41) is 12.5. The number of hydrogen-bond acceptors (Lipinski definition) is 4. The van der Waals surface area contributed by atoms with E-state index in [0.717, 1.165) is 16.9 Å². The fourth-order valence-corrected chi connectivity index (χ4v) is 2.94. The number of carbonyl (C=O) groups is 1. The van der Waals surface area contributed by atoms with E-state index in [1.807, 2.05) is 43.3 Å². The lowest BCUT2D eigenvalue weighted by atomic mass is 10.1. The third-order valence-electron chi connectivity index (χ3n) is 3.06. The van der Waals surface area contributed by atoms with Gasteiger partial charge < -0.3 is 10.1 Å². The largest absolute Gasteiger partial charge is 0.367 e. The highest BCUT2D eigenvalue weighted by Crippen LogP contribution is 2.29. The van der Waals surface area contributed by atoms with Crippen LogP contribution in [0.4, 0.5) is 5.00 Å². The predicted molar refractivity (Wildman–Crippen MR) is 83.2 cm³/mol. The maximum absolute atomic E-state index is 12.4. The van der Waals surface area contributed by atoms with Gasteiger partial charge in [0, 0.05) is 12.0 Å². The normalized spacial score (nSPS) is 11.7. The SMILES string of the molecule is CCc1cc(C#N)c(NC(=O)[C@@H](OC)c2ccccc2)s1. The van der Waals surface area contributed by atoms with Crippen molar-refractivity contribution < 1.29 is 9.53 Å². The van der Waals surface area contributed by atoms with Crippen molar-refractivity contribution in [3.05, 3.63) is 52.4 Å². The van der Waals surface area contributed by atoms with E-state index in [0.29, 0.717) is 10.6 Å². The van der Waals surface area contributed by atoms with Crippen LogP contribution in [-0.2, 0) is 16.0 Å². The highest BCUT2D eigenvalue weighted by Gasteiger charge is 2.21. The Balaban J connectivity index is 2.21. The first-order valence-corrected chi connectivity index (χ1v) is 7.42. The fraction of sp³-hybridized carbons (Fsp3) is 0.250. The summed E-state index contributed by atoms with van der Waals surface area (Å²) in [6.45, 7) is 2.01. The highest BCUT2D eigenvalue weighted by molar-refractivity contribution is 7.16. The van der Waals surface area contributed by atoms with Crippen molar-refractivity contribution in [2.24, 2.45) is 0 Å². The van der Waals surface area contributed by atoms with E-state index in [2.05, 4.69) is 11.4 Å². The van der Waals surface area contributed by atoms with E-state index < -0.39 is 6.10 Å². The smallest absolute Gasteiger partial charge is 0.258 e. The zero-order chi connectivity index (χ0) is 15.2. The van der Waals surface area contributed by atoms with Crippen molar-refractivity contribution in [3.63, 3.8) is 0 Å². The van der Waals surface area contributed by atoms with E-state index >= 15 is 0 Å². The molecule has 1 amide bonds. The van der Waals surface area contributed by atoms with Gasteiger partial charge in [0.15, 0.2) is 6.10 Å². The zero-order valence-corrected chi connectivity index (χ0v) is 12.7. The molecule has 1 heterocycles. The lowest BCUT2D eigenvalue weighted by Crippen LogP contribution is -2.22. The van der Waals surface area contributed by atoms with Gasteiger partial charge in [-0.1, -0.05) is 37.3 Å². The van der Waals surface area contributed by atoms with Crippen LogP contribution in [0.5, 0.6) is 0 Å². The number of hydrogen-bond donors (Lipinski definition) is 1. The van der Waals surface area contributed by atoms with E-state index in [4.69, 9.17) is 10.00 Å². The summed E-state index contributed by atoms with van der Waals surface area (Å²) in [6.07, 6.45) is 0.145. The first kappa shape index (κ1) is 15.2. The Morgan fingerprint density at radius 3 is 2.71 bits per heavy atom. The van der Waals surface area contributed by atoms with Crippen LogP contribution in [0, 0.1) is 11.3 Å². The number of anilines is 1. The minimum atomic E-state index is -0.690. The molecule has 0 aliphatic rings. The second-order valence-corrected chi connectivity index (χ2v) is 5.57. The van der Waals surface area contributed by atoms with Crippen LogP contribution in [0.2, 0.25) is 0 Å². The molecule has 1 atom stereocenters. The molecule has 1 aromatic carbocycles. The van der Waals surface area contributed by atoms with Gasteiger partial charge in [0.1, 0.15) is 11.1 Å². The third-order valence-corrected chi connectivity index (χ3v) is 4.26. The van der Waals surface area contributed by atoms with Gasteiger partial charge in [0.25, 0.3) is 5.91 Å². The molecule has 0 aliphatic carbocycles. The number of ether oxygens (including phenoxy) is 1. The van der Waals surface area contributed by atoms with Crippen molar-refractivity contribution in [3.8, 4) is 6.07 Å². The quantitative estimate of drug-likeness (QED) is 0.919. The molecule has 0 radical (unpaired) electrons. The lowest BCUT2D eigenvalue weighted by Gasteiger charge is -2.15. The molecule has 0 spiro atoms. The van der Waals surface area contributed by atoms with Gasteiger partial charge in [-0.2, -0.15) is 5.26 Å². The van der Waals surface area contributed by atoms with Crippen LogP contribution < -0.4 is 5.32 Å². The fourth-order valence-electron chi connectivity index (χ4n) is 1.99. The first-order chi connectivity index (χ1) is 10.2. The topological polar surface area (TPSA) is 62.1 Å². The molecule has 2 rings (SSSR count). The first-order valence-electron chi connectivity index (χ1n) is 6.61. The van der Waals surface area contributed by atoms with Gasteiger partial charge in [-0.3, -0.25) is 4.79 Å². The Labute approximate surface area is 128 Å². The van der Waals surface area contributed by atoms with E-state index in [1.54, 1.807) is 0 Å². The minimum absolute atomic E-state index is 0.273. The Bertz CT molecular complexity index is 659. The monoisotopic (exact) mass is 300 g/mol. The number of aryl methyl sites for hydroxylation is 1. The molecule has 0 fully saturated rings. The van der Waals surface area contributed by atoms with Crippen LogP contribution in [0.3, 0.4) is 0 Å². The molecule has 0 bridgehead atoms. The minimum Gasteiger partial charge on any atom is -0.367 e. The van der Waals surface area contributed by atoms with Gasteiger partial charge in [0.2, 0.25) is 0 Å². The number of thiophene rings is 1. The molecule has 1 N–H and O–H groups in total. The molecule has 2 aromatic rings. The standard InChI is InChI=1S/C16H16N2O2S/c1-3-13-9-12(10-17)16(21-13)18-15(19)14(20-2)11-7-5-4-6-8-11/h4-9,14H,3H2,1-2H3,(H,18,19)/t14-/m0/s1. The second kappa shape index (κ2) is 7.02. The number of rotatable bonds is 5. The summed E-state index contributed by atoms with van der Waals surface area (Å²) in [4.78, 5) is 13.4. The summed E-state index contributed by atoms with van der Waals surface area (Å²) < 4.78 is 5.29. The number of nitriles is 1. The Hall–Kier alpha value is -2.16. The average molecular weight is 300 g/mol. The van der Waals surface area contributed by atoms with Gasteiger partial charge in [-0.15, -0.1) is 11.3 Å². The molecule has 4 nitrogen and oxygen atoms in total. The van der Waals surface area contributed by atoms with Crippen LogP contribution >= 0.6 is 11.3 Å². The van der Waals surface area contributed by atoms with Crippen molar-refractivity contribution in [1.82, 2.24) is 0 Å². The maximum Gasteiger partial charge on any atom is 0.258 e. The Kier molecular flexibility index (Phi) is 5.09. The molecule has 1 aromatic heterocycles. The maximum atomic E-state index is 12.4. The number of nitrogens with one attached hydrogen (secondary N) is 1. The van der Waals surface area contributed by atoms with E-state index in [-0.39, 0.29) is 5.91 Å². The number of carbonyl (C=O) groups excluding carboxylic acids is 1. The molecule has 0 aliphatic heterocycles. The number of amides is 1. The molecule has 21 heavy (non-hydrogen) atoms. The molecular formula is C16H16N2O2S. The summed E-state index contributed by atoms with van der Waals surface area (Å²) in [5.74, 6) is -0.273. The summed E-state index contributed by atoms with van der Waals surface area (Å²) >= 11 is 1.43. The molecule has 0 saturated heterocycles. The average Bonchev–Trinajstić information content (AvgIpc) is 2.91. The van der Waals surface area contributed by atoms with Crippen molar-refractivity contribution >= 4 is 22.2 Å². The van der Waals surface area contributed by atoms with E-state index in [9.17, 15) is 4.79 Å². The molecule has 0 saturated carbocycles. The van der Waals surface area contributed by atoms with Crippen LogP contribution in [-0.4, -0.2) is 13.0 Å². The molecular weight excluding hydrogens is 284 g/mol. The zero-order valence-electron chi connectivity index (χ0n) is 11.9. The highest BCUT2D eigenvalue weighted by atomic mass is 32.1. The lowest BCUT2D eigenvalue weighted by molar-refractivity contribution is -0.126. The van der Waals surface area contributed by atoms with Crippen LogP contribution in [0.25, 0.3) is 0 Å². The van der Waals surface area contributed by atoms with Crippen LogP contribution in [0.15, 0.2) is 36.4 Å². The molecule has 5 heteroatoms. The summed E-state index contributed by atoms with van der Waals surface area (Å²) in [6, 6.07) is 13.2. The molecule has 0 unspecified atom stereocenters. The Morgan fingerprint density at radius 1 is 1.43 bits per heavy atom. The van der Waals surface area contributed by atoms with Crippen molar-refractivity contribution in [2.45, 2.75) is 19.4 Å². The predicted octanol–water partition coefficient (Wildman–Crippen LogP) is 3.51. The molecule has 108 valence electrons. The summed E-state index contributed by atoms with van der Waals surface area (Å²) in [5.41, 5.74) is 1.27. The number of nitrogens with zero attached hydrogens (tertiary/aromatic N) is 1. The van der Waals surface area contributed by atoms with Gasteiger partial charge in [0.05, 0.1) is 5.56 Å². The summed E-state index contributed by atoms with van der Waals surface area (Å²) in [7, 11) is 1.49. The van der Waals surface area contributed by atoms with Crippen molar-refractivity contribution in [1.29, 1.82) is 5.26 Å². The van der Waals surface area contributed by atoms with Gasteiger partial charge in [-0.05, 0) is 18.1 Å². The van der Waals surface area contributed by atoms with Gasteiger partial charge in [-0.25, -0.2) is 0 Å².